The fourth-order valence-electron chi connectivity index (χ4n) is 5.50. The maximum atomic E-state index is 14.6. The molecule has 4 aromatic carbocycles. The molecule has 0 aliphatic carbocycles. The van der Waals surface area contributed by atoms with Crippen LogP contribution in [0.3, 0.4) is 0 Å². The van der Waals surface area contributed by atoms with E-state index >= 15 is 0 Å². The molecule has 0 saturated carbocycles. The van der Waals surface area contributed by atoms with E-state index < -0.39 is 17.6 Å². The van der Waals surface area contributed by atoms with Gasteiger partial charge in [-0.15, -0.1) is 0 Å². The number of aliphatic hydroxyl groups is 1. The van der Waals surface area contributed by atoms with Crippen LogP contribution in [-0.2, 0) is 29.0 Å². The summed E-state index contributed by atoms with van der Waals surface area (Å²) in [6.07, 6.45) is -0.134. The third kappa shape index (κ3) is 8.05. The van der Waals surface area contributed by atoms with Crippen LogP contribution in [0.2, 0.25) is 0 Å². The number of nitrogens with one attached hydrogen (secondary N) is 2. The van der Waals surface area contributed by atoms with Gasteiger partial charge >= 0.3 is 0 Å². The summed E-state index contributed by atoms with van der Waals surface area (Å²) in [4.78, 5) is 22.6. The van der Waals surface area contributed by atoms with E-state index in [-0.39, 0.29) is 26.1 Å². The highest BCUT2D eigenvalue weighted by molar-refractivity contribution is 6.01. The molecule has 1 heterocycles. The van der Waals surface area contributed by atoms with Gasteiger partial charge in [0.1, 0.15) is 17.2 Å². The molecule has 3 N–H and O–H groups in total. The summed E-state index contributed by atoms with van der Waals surface area (Å²) in [7, 11) is 3.16. The summed E-state index contributed by atoms with van der Waals surface area (Å²) in [5.74, 6) is 1.77. The lowest BCUT2D eigenvalue weighted by molar-refractivity contribution is -0.130. The highest BCUT2D eigenvalue weighted by Gasteiger charge is 2.53. The number of benzene rings is 4. The van der Waals surface area contributed by atoms with E-state index in [1.165, 1.54) is 0 Å². The van der Waals surface area contributed by atoms with Crippen molar-refractivity contribution in [2.75, 3.05) is 27.4 Å². The zero-order valence-electron chi connectivity index (χ0n) is 26.8. The minimum Gasteiger partial charge on any atom is -0.497 e. The SMILES string of the molecule is COc1cc(CNNC(=O)[C@@]2(Cc3ccccc3CN=[N+]=[N-])N=C(c3ccc(OCCCO)cc3)O[C@H]2c2ccccc2)cc(OC)c1. The smallest absolute Gasteiger partial charge is 0.266 e. The predicted octanol–water partition coefficient (Wildman–Crippen LogP) is 5.60. The van der Waals surface area contributed by atoms with Crippen molar-refractivity contribution in [3.63, 3.8) is 0 Å². The maximum Gasteiger partial charge on any atom is 0.266 e. The highest BCUT2D eigenvalue weighted by Crippen LogP contribution is 2.43. The number of azide groups is 1. The Kier molecular flexibility index (Phi) is 11.5. The number of methoxy groups -OCH3 is 2. The van der Waals surface area contributed by atoms with Crippen molar-refractivity contribution in [2.24, 2.45) is 10.1 Å². The zero-order chi connectivity index (χ0) is 33.8. The second-order valence-corrected chi connectivity index (χ2v) is 11.1. The molecule has 0 bridgehead atoms. The number of aliphatic hydroxyl groups excluding tert-OH is 1. The van der Waals surface area contributed by atoms with Crippen LogP contribution in [0.25, 0.3) is 10.4 Å². The Labute approximate surface area is 278 Å². The molecule has 248 valence electrons. The van der Waals surface area contributed by atoms with Crippen LogP contribution in [0.15, 0.2) is 107 Å². The van der Waals surface area contributed by atoms with Gasteiger partial charge in [0.15, 0.2) is 11.6 Å². The number of carbonyl (C=O) groups is 1. The summed E-state index contributed by atoms with van der Waals surface area (Å²) in [5.41, 5.74) is 17.4. The maximum absolute atomic E-state index is 14.6. The Morgan fingerprint density at radius 1 is 0.958 bits per heavy atom. The van der Waals surface area contributed by atoms with E-state index in [0.717, 1.165) is 22.3 Å². The van der Waals surface area contributed by atoms with Crippen molar-refractivity contribution >= 4 is 11.8 Å². The number of hydrogen-bond acceptors (Lipinski definition) is 9. The molecule has 2 atom stereocenters. The third-order valence-corrected chi connectivity index (χ3v) is 7.92. The van der Waals surface area contributed by atoms with E-state index in [9.17, 15) is 4.79 Å². The molecule has 5 rings (SSSR count). The van der Waals surface area contributed by atoms with Crippen LogP contribution < -0.4 is 25.1 Å². The molecule has 0 fully saturated rings. The highest BCUT2D eigenvalue weighted by atomic mass is 16.5. The molecule has 12 nitrogen and oxygen atoms in total. The Bertz CT molecular complexity index is 1740. The first-order chi connectivity index (χ1) is 23.5. The number of amides is 1. The molecular formula is C36H38N6O6. The van der Waals surface area contributed by atoms with E-state index in [0.29, 0.717) is 41.7 Å². The minimum absolute atomic E-state index is 0.0440. The molecule has 0 saturated heterocycles. The van der Waals surface area contributed by atoms with Gasteiger partial charge in [-0.25, -0.2) is 10.4 Å². The second kappa shape index (κ2) is 16.3. The Morgan fingerprint density at radius 3 is 2.31 bits per heavy atom. The van der Waals surface area contributed by atoms with Gasteiger partial charge in [0, 0.05) is 42.5 Å². The summed E-state index contributed by atoms with van der Waals surface area (Å²) in [6.45, 7) is 0.819. The number of ether oxygens (including phenoxy) is 4. The van der Waals surface area contributed by atoms with E-state index in [1.54, 1.807) is 32.4 Å². The second-order valence-electron chi connectivity index (χ2n) is 11.1. The van der Waals surface area contributed by atoms with Crippen molar-refractivity contribution in [3.05, 3.63) is 135 Å². The number of hydrogen-bond donors (Lipinski definition) is 3. The Morgan fingerprint density at radius 2 is 1.65 bits per heavy atom. The Balaban J connectivity index is 1.53. The number of nitrogens with zero attached hydrogens (tertiary/aromatic N) is 4. The van der Waals surface area contributed by atoms with Gasteiger partial charge in [-0.1, -0.05) is 59.7 Å². The number of aliphatic imine (C=N–C) groups is 1. The van der Waals surface area contributed by atoms with Crippen molar-refractivity contribution in [1.82, 2.24) is 10.9 Å². The third-order valence-electron chi connectivity index (χ3n) is 7.92. The van der Waals surface area contributed by atoms with Crippen LogP contribution in [0.4, 0.5) is 0 Å². The molecule has 0 spiro atoms. The molecule has 0 aromatic heterocycles. The van der Waals surface area contributed by atoms with Crippen molar-refractivity contribution in [3.8, 4) is 17.2 Å². The van der Waals surface area contributed by atoms with Crippen LogP contribution >= 0.6 is 0 Å². The Hall–Kier alpha value is -5.55. The predicted molar refractivity (Wildman–Crippen MR) is 181 cm³/mol. The normalized spacial score (nSPS) is 16.6. The number of carbonyl (C=O) groups excluding carboxylic acids is 1. The standard InChI is InChI=1S/C36H38N6O6/c1-45-31-19-25(20-32(21-31)46-2)23-38-41-35(44)36(22-28-11-6-7-12-29(28)24-39-42-37)33(26-9-4-3-5-10-26)48-34(40-36)27-13-15-30(16-14-27)47-18-8-17-43/h3-7,9-16,19-21,33,38,43H,8,17-18,22-24H2,1-2H3,(H,41,44)/t33-,36-/m0/s1. The molecule has 12 heteroatoms. The summed E-state index contributed by atoms with van der Waals surface area (Å²) < 4.78 is 23.1. The van der Waals surface area contributed by atoms with Crippen LogP contribution in [-0.4, -0.2) is 49.9 Å². The van der Waals surface area contributed by atoms with E-state index in [2.05, 4.69) is 20.9 Å². The quantitative estimate of drug-likeness (QED) is 0.0468. The van der Waals surface area contributed by atoms with Gasteiger partial charge in [-0.3, -0.25) is 10.2 Å². The topological polar surface area (TPSA) is 159 Å². The summed E-state index contributed by atoms with van der Waals surface area (Å²) in [5, 5.41) is 12.9. The molecule has 0 unspecified atom stereocenters. The lowest BCUT2D eigenvalue weighted by Crippen LogP contribution is -2.53. The van der Waals surface area contributed by atoms with Gasteiger partial charge in [0.05, 0.1) is 27.4 Å². The molecule has 48 heavy (non-hydrogen) atoms. The molecule has 1 aliphatic rings. The van der Waals surface area contributed by atoms with E-state index in [1.807, 2.05) is 78.9 Å². The molecule has 1 aliphatic heterocycles. The molecule has 4 aromatic rings. The number of hydrazine groups is 1. The van der Waals surface area contributed by atoms with Crippen molar-refractivity contribution < 1.29 is 28.8 Å². The van der Waals surface area contributed by atoms with Gasteiger partial charge in [-0.05, 0) is 64.2 Å². The fraction of sp³-hybridized carbons (Fsp3) is 0.278. The van der Waals surface area contributed by atoms with Crippen LogP contribution in [0.5, 0.6) is 17.2 Å². The van der Waals surface area contributed by atoms with Gasteiger partial charge in [-0.2, -0.15) is 0 Å². The van der Waals surface area contributed by atoms with E-state index in [4.69, 9.17) is 34.6 Å². The summed E-state index contributed by atoms with van der Waals surface area (Å²) >= 11 is 0. The van der Waals surface area contributed by atoms with Gasteiger partial charge in [0.25, 0.3) is 5.91 Å². The van der Waals surface area contributed by atoms with Crippen molar-refractivity contribution in [2.45, 2.75) is 37.6 Å². The monoisotopic (exact) mass is 650 g/mol. The number of rotatable bonds is 16. The zero-order valence-corrected chi connectivity index (χ0v) is 26.8. The summed E-state index contributed by atoms with van der Waals surface area (Å²) in [6, 6.07) is 29.7. The molecule has 1 amide bonds. The van der Waals surface area contributed by atoms with Gasteiger partial charge in [0.2, 0.25) is 5.90 Å². The lowest BCUT2D eigenvalue weighted by Gasteiger charge is -2.31. The van der Waals surface area contributed by atoms with Gasteiger partial charge < -0.3 is 24.1 Å². The molecule has 0 radical (unpaired) electrons. The first-order valence-corrected chi connectivity index (χ1v) is 15.5. The largest absolute Gasteiger partial charge is 0.497 e. The minimum atomic E-state index is -1.47. The first-order valence-electron chi connectivity index (χ1n) is 15.5. The average molecular weight is 651 g/mol. The van der Waals surface area contributed by atoms with Crippen molar-refractivity contribution in [1.29, 1.82) is 0 Å². The first kappa shape index (κ1) is 33.8. The average Bonchev–Trinajstić information content (AvgIpc) is 3.52. The van der Waals surface area contributed by atoms with Crippen LogP contribution in [0, 0.1) is 0 Å². The molecular weight excluding hydrogens is 612 g/mol. The van der Waals surface area contributed by atoms with Crippen LogP contribution in [0.1, 0.15) is 40.3 Å². The fourth-order valence-corrected chi connectivity index (χ4v) is 5.50. The lowest BCUT2D eigenvalue weighted by atomic mass is 9.81.